The summed E-state index contributed by atoms with van der Waals surface area (Å²) in [5.41, 5.74) is 2.04. The summed E-state index contributed by atoms with van der Waals surface area (Å²) in [6, 6.07) is 22.8. The molecule has 0 aliphatic rings. The van der Waals surface area contributed by atoms with Gasteiger partial charge in [-0.15, -0.1) is 0 Å². The molecule has 3 aromatic carbocycles. The molecule has 1 N–H and O–H groups in total. The van der Waals surface area contributed by atoms with Crippen LogP contribution in [-0.2, 0) is 32.6 Å². The number of benzene rings is 3. The SMILES string of the molecule is CCCNC(=O)[C@H](Cc1ccccc1)N(Cc1ccccc1Cl)C(=O)CCCN(c1ccccc1OC)S(C)(=O)=O. The molecule has 0 aromatic heterocycles. The first-order valence-electron chi connectivity index (χ1n) is 13.6. The summed E-state index contributed by atoms with van der Waals surface area (Å²) < 4.78 is 32.0. The van der Waals surface area contributed by atoms with E-state index in [0.717, 1.165) is 23.8 Å². The summed E-state index contributed by atoms with van der Waals surface area (Å²) in [5, 5.41) is 3.45. The second-order valence-electron chi connectivity index (χ2n) is 9.72. The van der Waals surface area contributed by atoms with Crippen molar-refractivity contribution in [1.29, 1.82) is 0 Å². The Morgan fingerprint density at radius 1 is 0.976 bits per heavy atom. The Kier molecular flexibility index (Phi) is 12.0. The van der Waals surface area contributed by atoms with Crippen LogP contribution in [0.25, 0.3) is 0 Å². The molecule has 0 saturated carbocycles. The van der Waals surface area contributed by atoms with Gasteiger partial charge in [0, 0.05) is 37.5 Å². The first-order chi connectivity index (χ1) is 19.7. The van der Waals surface area contributed by atoms with Crippen LogP contribution in [0.2, 0.25) is 5.02 Å². The molecule has 0 heterocycles. The largest absolute Gasteiger partial charge is 0.495 e. The molecule has 0 aliphatic carbocycles. The second-order valence-corrected chi connectivity index (χ2v) is 12.0. The monoisotopic (exact) mass is 599 g/mol. The highest BCUT2D eigenvalue weighted by Gasteiger charge is 2.31. The van der Waals surface area contributed by atoms with Crippen LogP contribution in [0.1, 0.15) is 37.3 Å². The number of nitrogens with zero attached hydrogens (tertiary/aromatic N) is 2. The van der Waals surface area contributed by atoms with Crippen molar-refractivity contribution < 1.29 is 22.7 Å². The molecular weight excluding hydrogens is 562 g/mol. The van der Waals surface area contributed by atoms with Gasteiger partial charge in [-0.2, -0.15) is 0 Å². The highest BCUT2D eigenvalue weighted by Crippen LogP contribution is 2.30. The molecule has 0 fully saturated rings. The number of ether oxygens (including phenoxy) is 1. The second kappa shape index (κ2) is 15.4. The van der Waals surface area contributed by atoms with E-state index in [0.29, 0.717) is 29.4 Å². The summed E-state index contributed by atoms with van der Waals surface area (Å²) in [4.78, 5) is 28.9. The summed E-state index contributed by atoms with van der Waals surface area (Å²) in [7, 11) is -2.18. The Morgan fingerprint density at radius 2 is 1.63 bits per heavy atom. The van der Waals surface area contributed by atoms with E-state index in [2.05, 4.69) is 5.32 Å². The highest BCUT2D eigenvalue weighted by molar-refractivity contribution is 7.92. The Labute approximate surface area is 248 Å². The van der Waals surface area contributed by atoms with Crippen LogP contribution in [0.5, 0.6) is 5.75 Å². The molecule has 1 atom stereocenters. The van der Waals surface area contributed by atoms with Gasteiger partial charge in [0.15, 0.2) is 0 Å². The molecular formula is C31H38ClN3O5S. The predicted octanol–water partition coefficient (Wildman–Crippen LogP) is 5.06. The molecule has 0 aliphatic heterocycles. The number of hydrogen-bond acceptors (Lipinski definition) is 5. The highest BCUT2D eigenvalue weighted by atomic mass is 35.5. The van der Waals surface area contributed by atoms with E-state index < -0.39 is 16.1 Å². The molecule has 3 rings (SSSR count). The standard InChI is InChI=1S/C31H38ClN3O5S/c1-4-20-33-31(37)28(22-24-13-6-5-7-14-24)34(23-25-15-8-9-16-26(25)32)30(36)19-12-21-35(41(3,38)39)27-17-10-11-18-29(27)40-2/h5-11,13-18,28H,4,12,19-23H2,1-3H3,(H,33,37)/t28-/m0/s1. The van der Waals surface area contributed by atoms with E-state index in [9.17, 15) is 18.0 Å². The minimum atomic E-state index is -3.66. The minimum absolute atomic E-state index is 0.0258. The van der Waals surface area contributed by atoms with Gasteiger partial charge in [0.05, 0.1) is 19.1 Å². The molecule has 0 unspecified atom stereocenters. The van der Waals surface area contributed by atoms with Crippen molar-refractivity contribution >= 4 is 39.1 Å². The number of carbonyl (C=O) groups excluding carboxylic acids is 2. The maximum Gasteiger partial charge on any atom is 0.243 e. The summed E-state index contributed by atoms with van der Waals surface area (Å²) in [6.45, 7) is 2.66. The zero-order valence-corrected chi connectivity index (χ0v) is 25.3. The molecule has 2 amide bonds. The number of amides is 2. The van der Waals surface area contributed by atoms with Crippen molar-refractivity contribution in [3.63, 3.8) is 0 Å². The van der Waals surface area contributed by atoms with Gasteiger partial charge in [-0.3, -0.25) is 13.9 Å². The number of hydrogen-bond donors (Lipinski definition) is 1. The Bertz CT molecular complexity index is 1400. The number of rotatable bonds is 15. The first-order valence-corrected chi connectivity index (χ1v) is 15.8. The van der Waals surface area contributed by atoms with Crippen LogP contribution in [-0.4, -0.2) is 57.6 Å². The van der Waals surface area contributed by atoms with Crippen molar-refractivity contribution in [2.24, 2.45) is 0 Å². The average Bonchev–Trinajstić information content (AvgIpc) is 2.96. The topological polar surface area (TPSA) is 96.0 Å². The van der Waals surface area contributed by atoms with Crippen LogP contribution < -0.4 is 14.4 Å². The number of methoxy groups -OCH3 is 1. The van der Waals surface area contributed by atoms with Gasteiger partial charge in [0.1, 0.15) is 11.8 Å². The fourth-order valence-electron chi connectivity index (χ4n) is 4.55. The zero-order valence-electron chi connectivity index (χ0n) is 23.8. The maximum absolute atomic E-state index is 13.9. The molecule has 8 nitrogen and oxygen atoms in total. The van der Waals surface area contributed by atoms with E-state index in [1.54, 1.807) is 35.2 Å². The van der Waals surface area contributed by atoms with Crippen molar-refractivity contribution in [3.05, 3.63) is 95.0 Å². The molecule has 220 valence electrons. The lowest BCUT2D eigenvalue weighted by Gasteiger charge is -2.32. The summed E-state index contributed by atoms with van der Waals surface area (Å²) in [6.07, 6.45) is 2.46. The van der Waals surface area contributed by atoms with Crippen LogP contribution in [0, 0.1) is 0 Å². The Morgan fingerprint density at radius 3 is 2.29 bits per heavy atom. The average molecular weight is 600 g/mol. The van der Waals surface area contributed by atoms with Crippen LogP contribution >= 0.6 is 11.6 Å². The van der Waals surface area contributed by atoms with E-state index in [1.165, 1.54) is 11.4 Å². The smallest absolute Gasteiger partial charge is 0.243 e. The van der Waals surface area contributed by atoms with Crippen molar-refractivity contribution in [3.8, 4) is 5.75 Å². The van der Waals surface area contributed by atoms with Crippen molar-refractivity contribution in [1.82, 2.24) is 10.2 Å². The third-order valence-electron chi connectivity index (χ3n) is 6.62. The molecule has 0 saturated heterocycles. The number of sulfonamides is 1. The Balaban J connectivity index is 1.89. The molecule has 41 heavy (non-hydrogen) atoms. The number of para-hydroxylation sites is 2. The van der Waals surface area contributed by atoms with Crippen molar-refractivity contribution in [2.45, 2.75) is 45.2 Å². The molecule has 0 spiro atoms. The lowest BCUT2D eigenvalue weighted by molar-refractivity contribution is -0.141. The number of anilines is 1. The van der Waals surface area contributed by atoms with Crippen LogP contribution in [0.15, 0.2) is 78.9 Å². The van der Waals surface area contributed by atoms with E-state index >= 15 is 0 Å². The minimum Gasteiger partial charge on any atom is -0.495 e. The number of halogens is 1. The first kappa shape index (κ1) is 32.0. The quantitative estimate of drug-likeness (QED) is 0.263. The number of nitrogens with one attached hydrogen (secondary N) is 1. The fraction of sp³-hybridized carbons (Fsp3) is 0.355. The third-order valence-corrected chi connectivity index (χ3v) is 8.17. The van der Waals surface area contributed by atoms with Crippen LogP contribution in [0.4, 0.5) is 5.69 Å². The van der Waals surface area contributed by atoms with E-state index in [4.69, 9.17) is 16.3 Å². The van der Waals surface area contributed by atoms with Gasteiger partial charge in [-0.25, -0.2) is 8.42 Å². The molecule has 0 bridgehead atoms. The summed E-state index contributed by atoms with van der Waals surface area (Å²) >= 11 is 6.47. The summed E-state index contributed by atoms with van der Waals surface area (Å²) in [5.74, 6) is -0.103. The Hall–Kier alpha value is -3.56. The van der Waals surface area contributed by atoms with E-state index in [1.807, 2.05) is 55.5 Å². The van der Waals surface area contributed by atoms with Gasteiger partial charge < -0.3 is 15.0 Å². The van der Waals surface area contributed by atoms with Gasteiger partial charge in [0.2, 0.25) is 21.8 Å². The van der Waals surface area contributed by atoms with Gasteiger partial charge in [-0.05, 0) is 42.2 Å². The lowest BCUT2D eigenvalue weighted by Crippen LogP contribution is -2.50. The normalized spacial score (nSPS) is 11.9. The van der Waals surface area contributed by atoms with E-state index in [-0.39, 0.29) is 37.7 Å². The van der Waals surface area contributed by atoms with Gasteiger partial charge in [-0.1, -0.05) is 79.2 Å². The predicted molar refractivity (Wildman–Crippen MR) is 164 cm³/mol. The molecule has 3 aromatic rings. The van der Waals surface area contributed by atoms with Crippen LogP contribution in [0.3, 0.4) is 0 Å². The van der Waals surface area contributed by atoms with Gasteiger partial charge >= 0.3 is 0 Å². The number of carbonyl (C=O) groups is 2. The van der Waals surface area contributed by atoms with Crippen molar-refractivity contribution in [2.75, 3.05) is 30.8 Å². The molecule has 0 radical (unpaired) electrons. The lowest BCUT2D eigenvalue weighted by atomic mass is 10.0. The maximum atomic E-state index is 13.9. The zero-order chi connectivity index (χ0) is 29.8. The fourth-order valence-corrected chi connectivity index (χ4v) is 5.71. The van der Waals surface area contributed by atoms with Gasteiger partial charge in [0.25, 0.3) is 0 Å². The third kappa shape index (κ3) is 9.23. The molecule has 10 heteroatoms.